The summed E-state index contributed by atoms with van der Waals surface area (Å²) in [6.45, 7) is 5.74. The third-order valence-electron chi connectivity index (χ3n) is 4.31. The van der Waals surface area contributed by atoms with Crippen molar-refractivity contribution >= 4 is 17.7 Å². The fourth-order valence-electron chi connectivity index (χ4n) is 3.00. The van der Waals surface area contributed by atoms with Crippen molar-refractivity contribution in [3.63, 3.8) is 0 Å². The zero-order valence-electron chi connectivity index (χ0n) is 13.7. The van der Waals surface area contributed by atoms with E-state index in [0.29, 0.717) is 31.5 Å². The van der Waals surface area contributed by atoms with E-state index in [0.717, 1.165) is 24.4 Å². The van der Waals surface area contributed by atoms with Gasteiger partial charge in [0.15, 0.2) is 0 Å². The van der Waals surface area contributed by atoms with E-state index in [-0.39, 0.29) is 5.91 Å². The molecular formula is C16H27N3O2S. The monoisotopic (exact) mass is 325 g/mol. The van der Waals surface area contributed by atoms with Crippen LogP contribution in [0, 0.1) is 0 Å². The van der Waals surface area contributed by atoms with Gasteiger partial charge in [0, 0.05) is 37.4 Å². The second-order valence-electron chi connectivity index (χ2n) is 6.18. The van der Waals surface area contributed by atoms with Crippen LogP contribution in [0.15, 0.2) is 12.4 Å². The van der Waals surface area contributed by atoms with Crippen LogP contribution in [0.25, 0.3) is 0 Å². The smallest absolute Gasteiger partial charge is 0.251 e. The van der Waals surface area contributed by atoms with Gasteiger partial charge in [-0.2, -0.15) is 11.8 Å². The van der Waals surface area contributed by atoms with Crippen LogP contribution in [0.1, 0.15) is 50.9 Å². The minimum Gasteiger partial charge on any atom is -0.383 e. The predicted octanol–water partition coefficient (Wildman–Crippen LogP) is 2.28. The number of aliphatic hydroxyl groups is 1. The lowest BCUT2D eigenvalue weighted by molar-refractivity contribution is -0.141. The summed E-state index contributed by atoms with van der Waals surface area (Å²) in [5, 5.41) is 9.95. The van der Waals surface area contributed by atoms with Gasteiger partial charge in [0.05, 0.1) is 0 Å². The number of hydrogen-bond donors (Lipinski definition) is 1. The number of piperidine rings is 1. The summed E-state index contributed by atoms with van der Waals surface area (Å²) in [5.74, 6) is 2.24. The van der Waals surface area contributed by atoms with Crippen molar-refractivity contribution in [1.82, 2.24) is 14.5 Å². The number of nitrogens with zero attached hydrogens (tertiary/aromatic N) is 3. The van der Waals surface area contributed by atoms with Gasteiger partial charge in [-0.15, -0.1) is 0 Å². The third kappa shape index (κ3) is 4.04. The van der Waals surface area contributed by atoms with Gasteiger partial charge in [0.25, 0.3) is 5.91 Å². The maximum atomic E-state index is 12.2. The molecule has 0 radical (unpaired) electrons. The van der Waals surface area contributed by atoms with Crippen LogP contribution in [0.5, 0.6) is 0 Å². The van der Waals surface area contributed by atoms with Crippen LogP contribution in [0.2, 0.25) is 0 Å². The number of carbonyl (C=O) groups is 1. The molecule has 1 aromatic heterocycles. The van der Waals surface area contributed by atoms with Gasteiger partial charge in [-0.3, -0.25) is 4.79 Å². The van der Waals surface area contributed by atoms with Gasteiger partial charge in [0.1, 0.15) is 11.9 Å². The molecule has 124 valence electrons. The minimum absolute atomic E-state index is 0.111. The Hall–Kier alpha value is -1.01. The molecule has 1 saturated heterocycles. The van der Waals surface area contributed by atoms with Gasteiger partial charge in [-0.1, -0.05) is 0 Å². The Labute approximate surface area is 137 Å². The van der Waals surface area contributed by atoms with Crippen LogP contribution < -0.4 is 0 Å². The summed E-state index contributed by atoms with van der Waals surface area (Å²) in [5.41, 5.74) is 0. The lowest BCUT2D eigenvalue weighted by Crippen LogP contribution is -2.44. The molecule has 5 nitrogen and oxygen atoms in total. The standard InChI is InChI=1S/C16H27N3O2S/c1-12(2)19-10-7-17-15(19)13-4-8-18(9-5-13)16(21)14(20)6-11-22-3/h7,10,12-14,20H,4-6,8-9,11H2,1-3H3. The number of hydrogen-bond acceptors (Lipinski definition) is 4. The number of aromatic nitrogens is 2. The molecule has 6 heteroatoms. The molecule has 0 bridgehead atoms. The second-order valence-corrected chi connectivity index (χ2v) is 7.17. The zero-order valence-corrected chi connectivity index (χ0v) is 14.6. The molecule has 1 fully saturated rings. The Bertz CT molecular complexity index is 481. The van der Waals surface area contributed by atoms with E-state index in [1.54, 1.807) is 11.8 Å². The predicted molar refractivity (Wildman–Crippen MR) is 90.2 cm³/mol. The lowest BCUT2D eigenvalue weighted by Gasteiger charge is -2.33. The topological polar surface area (TPSA) is 58.4 Å². The van der Waals surface area contributed by atoms with Crippen LogP contribution in [-0.4, -0.2) is 56.7 Å². The first-order valence-corrected chi connectivity index (χ1v) is 9.42. The first kappa shape index (κ1) is 17.3. The lowest BCUT2D eigenvalue weighted by atomic mass is 9.95. The summed E-state index contributed by atoms with van der Waals surface area (Å²) in [7, 11) is 0. The van der Waals surface area contributed by atoms with Crippen LogP contribution in [-0.2, 0) is 4.79 Å². The summed E-state index contributed by atoms with van der Waals surface area (Å²) >= 11 is 1.66. The summed E-state index contributed by atoms with van der Waals surface area (Å²) in [6, 6.07) is 0.408. The van der Waals surface area contributed by atoms with E-state index in [2.05, 4.69) is 23.4 Å². The molecule has 1 unspecified atom stereocenters. The van der Waals surface area contributed by atoms with Crippen LogP contribution in [0.3, 0.4) is 0 Å². The number of amides is 1. The number of imidazole rings is 1. The normalized spacial score (nSPS) is 18.0. The van der Waals surface area contributed by atoms with Crippen molar-refractivity contribution in [2.24, 2.45) is 0 Å². The third-order valence-corrected chi connectivity index (χ3v) is 4.95. The average molecular weight is 325 g/mol. The van der Waals surface area contributed by atoms with Gasteiger partial charge >= 0.3 is 0 Å². The fraction of sp³-hybridized carbons (Fsp3) is 0.750. The van der Waals surface area contributed by atoms with E-state index in [4.69, 9.17) is 0 Å². The highest BCUT2D eigenvalue weighted by Crippen LogP contribution is 2.28. The molecule has 0 aliphatic carbocycles. The quantitative estimate of drug-likeness (QED) is 0.872. The highest BCUT2D eigenvalue weighted by atomic mass is 32.2. The summed E-state index contributed by atoms with van der Waals surface area (Å²) in [4.78, 5) is 18.5. The molecule has 0 aromatic carbocycles. The number of likely N-dealkylation sites (tertiary alicyclic amines) is 1. The Morgan fingerprint density at radius 3 is 2.73 bits per heavy atom. The van der Waals surface area contributed by atoms with Crippen LogP contribution in [0.4, 0.5) is 0 Å². The number of rotatable bonds is 6. The largest absolute Gasteiger partial charge is 0.383 e. The molecule has 1 amide bonds. The highest BCUT2D eigenvalue weighted by Gasteiger charge is 2.29. The van der Waals surface area contributed by atoms with Crippen molar-refractivity contribution in [2.45, 2.75) is 51.2 Å². The Morgan fingerprint density at radius 2 is 2.14 bits per heavy atom. The van der Waals surface area contributed by atoms with Gasteiger partial charge in [0.2, 0.25) is 0 Å². The molecule has 0 saturated carbocycles. The van der Waals surface area contributed by atoms with Gasteiger partial charge in [-0.25, -0.2) is 4.98 Å². The highest BCUT2D eigenvalue weighted by molar-refractivity contribution is 7.98. The number of carbonyl (C=O) groups excluding carboxylic acids is 1. The molecule has 2 heterocycles. The molecule has 1 atom stereocenters. The van der Waals surface area contributed by atoms with Gasteiger partial charge in [-0.05, 0) is 45.1 Å². The van der Waals surface area contributed by atoms with Crippen molar-refractivity contribution < 1.29 is 9.90 Å². The average Bonchev–Trinajstić information content (AvgIpc) is 3.02. The summed E-state index contributed by atoms with van der Waals surface area (Å²) < 4.78 is 2.22. The van der Waals surface area contributed by atoms with Crippen molar-refractivity contribution in [3.05, 3.63) is 18.2 Å². The fourth-order valence-corrected chi connectivity index (χ4v) is 3.46. The van der Waals surface area contributed by atoms with E-state index in [9.17, 15) is 9.90 Å². The van der Waals surface area contributed by atoms with E-state index in [1.807, 2.05) is 23.5 Å². The maximum absolute atomic E-state index is 12.2. The number of thioether (sulfide) groups is 1. The van der Waals surface area contributed by atoms with Gasteiger partial charge < -0.3 is 14.6 Å². The summed E-state index contributed by atoms with van der Waals surface area (Å²) in [6.07, 6.45) is 7.41. The SMILES string of the molecule is CSCCC(O)C(=O)N1CCC(c2nccn2C(C)C)CC1. The Morgan fingerprint density at radius 1 is 1.45 bits per heavy atom. The van der Waals surface area contributed by atoms with Crippen molar-refractivity contribution in [3.8, 4) is 0 Å². The van der Waals surface area contributed by atoms with E-state index < -0.39 is 6.10 Å². The van der Waals surface area contributed by atoms with Crippen molar-refractivity contribution in [2.75, 3.05) is 25.1 Å². The molecule has 22 heavy (non-hydrogen) atoms. The number of aliphatic hydroxyl groups excluding tert-OH is 1. The molecule has 1 aliphatic heterocycles. The molecular weight excluding hydrogens is 298 g/mol. The Kier molecular flexibility index (Phi) is 6.32. The second kappa shape index (κ2) is 8.02. The maximum Gasteiger partial charge on any atom is 0.251 e. The van der Waals surface area contributed by atoms with Crippen LogP contribution >= 0.6 is 11.8 Å². The molecule has 1 aliphatic rings. The molecule has 0 spiro atoms. The molecule has 2 rings (SSSR count). The minimum atomic E-state index is -0.846. The zero-order chi connectivity index (χ0) is 16.1. The Balaban J connectivity index is 1.90. The molecule has 1 N–H and O–H groups in total. The first-order chi connectivity index (χ1) is 10.5. The van der Waals surface area contributed by atoms with E-state index >= 15 is 0 Å². The molecule has 1 aromatic rings. The van der Waals surface area contributed by atoms with Crippen molar-refractivity contribution in [1.29, 1.82) is 0 Å². The first-order valence-electron chi connectivity index (χ1n) is 8.03. The van der Waals surface area contributed by atoms with E-state index in [1.165, 1.54) is 0 Å².